The third-order valence-electron chi connectivity index (χ3n) is 6.88. The second-order valence-electron chi connectivity index (χ2n) is 9.07. The number of carbonyl (C=O) groups is 1. The van der Waals surface area contributed by atoms with Crippen LogP contribution in [0.5, 0.6) is 17.2 Å². The maximum Gasteiger partial charge on any atom is 0.258 e. The zero-order valence-electron chi connectivity index (χ0n) is 22.1. The van der Waals surface area contributed by atoms with E-state index < -0.39 is 6.04 Å². The van der Waals surface area contributed by atoms with Crippen molar-refractivity contribution in [3.05, 3.63) is 87.2 Å². The van der Waals surface area contributed by atoms with Gasteiger partial charge in [0, 0.05) is 34.3 Å². The molecular weight excluding hydrogens is 518 g/mol. The van der Waals surface area contributed by atoms with E-state index in [9.17, 15) is 9.59 Å². The van der Waals surface area contributed by atoms with Gasteiger partial charge in [-0.3, -0.25) is 9.59 Å². The Labute approximate surface area is 230 Å². The Morgan fingerprint density at radius 3 is 2.28 bits per heavy atom. The van der Waals surface area contributed by atoms with E-state index in [1.54, 1.807) is 33.3 Å². The predicted molar refractivity (Wildman–Crippen MR) is 152 cm³/mol. The summed E-state index contributed by atoms with van der Waals surface area (Å²) in [6.45, 7) is 1.78. The fourth-order valence-corrected chi connectivity index (χ4v) is 5.17. The molecular formula is C30H28ClN3O5. The number of hydrogen-bond acceptors (Lipinski definition) is 6. The maximum absolute atomic E-state index is 13.6. The quantitative estimate of drug-likeness (QED) is 0.309. The number of fused-ring (bicyclic) bond motifs is 1. The summed E-state index contributed by atoms with van der Waals surface area (Å²) in [5.41, 5.74) is 3.65. The molecule has 3 aromatic carbocycles. The first-order chi connectivity index (χ1) is 18.9. The van der Waals surface area contributed by atoms with Crippen LogP contribution >= 0.6 is 11.6 Å². The number of amides is 1. The summed E-state index contributed by atoms with van der Waals surface area (Å²) in [7, 11) is 4.62. The van der Waals surface area contributed by atoms with Crippen LogP contribution < -0.4 is 19.8 Å². The van der Waals surface area contributed by atoms with Gasteiger partial charge in [-0.1, -0.05) is 48.9 Å². The fraction of sp³-hybridized carbons (Fsp3) is 0.233. The molecule has 2 heterocycles. The molecule has 1 aliphatic heterocycles. The molecule has 1 atom stereocenters. The first-order valence-electron chi connectivity index (χ1n) is 12.5. The lowest BCUT2D eigenvalue weighted by molar-refractivity contribution is -0.132. The first kappa shape index (κ1) is 26.3. The van der Waals surface area contributed by atoms with E-state index in [1.165, 1.54) is 12.1 Å². The Bertz CT molecular complexity index is 1620. The number of halogens is 1. The number of nitrogens with zero attached hydrogens (tertiary/aromatic N) is 2. The number of para-hydroxylation sites is 1. The SMILES string of the molecule is CCC(=O)N1N=C(c2c(-c3ccc(Cl)cc3)c3ccccc3[nH]c2=O)CC1c1cc(OC)c(OC)c(OC)c1. The molecule has 5 rings (SSSR count). The van der Waals surface area contributed by atoms with Crippen LogP contribution in [0.2, 0.25) is 5.02 Å². The Morgan fingerprint density at radius 1 is 1.00 bits per heavy atom. The molecule has 200 valence electrons. The van der Waals surface area contributed by atoms with E-state index in [0.717, 1.165) is 22.1 Å². The number of H-pyrrole nitrogens is 1. The number of aromatic amines is 1. The highest BCUT2D eigenvalue weighted by Crippen LogP contribution is 2.44. The van der Waals surface area contributed by atoms with Gasteiger partial charge in [-0.05, 0) is 41.5 Å². The predicted octanol–water partition coefficient (Wildman–Crippen LogP) is 5.96. The molecule has 4 aromatic rings. The standard InChI is InChI=1S/C30H28ClN3O5/c1-5-26(35)34-23(18-14-24(37-2)29(39-4)25(15-18)38-3)16-22(33-34)28-27(17-10-12-19(31)13-11-17)20-8-6-7-9-21(20)32-30(28)36/h6-15,23H,5,16H2,1-4H3,(H,32,36). The summed E-state index contributed by atoms with van der Waals surface area (Å²) in [6, 6.07) is 18.1. The van der Waals surface area contributed by atoms with E-state index in [2.05, 4.69) is 4.98 Å². The van der Waals surface area contributed by atoms with Crippen LogP contribution in [-0.2, 0) is 4.79 Å². The van der Waals surface area contributed by atoms with Crippen LogP contribution in [0.25, 0.3) is 22.0 Å². The summed E-state index contributed by atoms with van der Waals surface area (Å²) in [6.07, 6.45) is 0.558. The number of benzene rings is 3. The van der Waals surface area contributed by atoms with Gasteiger partial charge >= 0.3 is 0 Å². The van der Waals surface area contributed by atoms with Crippen molar-refractivity contribution in [2.24, 2.45) is 5.10 Å². The van der Waals surface area contributed by atoms with Crippen molar-refractivity contribution in [1.82, 2.24) is 9.99 Å². The van der Waals surface area contributed by atoms with Crippen molar-refractivity contribution >= 4 is 34.1 Å². The Kier molecular flexibility index (Phi) is 7.30. The van der Waals surface area contributed by atoms with Gasteiger partial charge in [0.2, 0.25) is 11.7 Å². The molecule has 1 amide bonds. The molecule has 0 spiro atoms. The van der Waals surface area contributed by atoms with Crippen LogP contribution in [0, 0.1) is 0 Å². The number of ether oxygens (including phenoxy) is 3. The molecule has 1 unspecified atom stereocenters. The average Bonchev–Trinajstić information content (AvgIpc) is 3.40. The largest absolute Gasteiger partial charge is 0.493 e. The maximum atomic E-state index is 13.6. The number of hydrogen-bond donors (Lipinski definition) is 1. The number of pyridine rings is 1. The van der Waals surface area contributed by atoms with E-state index in [1.807, 2.05) is 48.5 Å². The van der Waals surface area contributed by atoms with Crippen molar-refractivity contribution in [2.75, 3.05) is 21.3 Å². The minimum absolute atomic E-state index is 0.172. The summed E-state index contributed by atoms with van der Waals surface area (Å²) in [5, 5.41) is 7.66. The average molecular weight is 546 g/mol. The van der Waals surface area contributed by atoms with Crippen molar-refractivity contribution < 1.29 is 19.0 Å². The van der Waals surface area contributed by atoms with Crippen LogP contribution in [-0.4, -0.2) is 42.9 Å². The van der Waals surface area contributed by atoms with Gasteiger partial charge < -0.3 is 19.2 Å². The van der Waals surface area contributed by atoms with Gasteiger partial charge in [0.15, 0.2) is 11.5 Å². The van der Waals surface area contributed by atoms with Crippen molar-refractivity contribution in [1.29, 1.82) is 0 Å². The summed E-state index contributed by atoms with van der Waals surface area (Å²) in [5.74, 6) is 1.21. The third kappa shape index (κ3) is 4.72. The van der Waals surface area contributed by atoms with Crippen molar-refractivity contribution in [3.63, 3.8) is 0 Å². The molecule has 0 radical (unpaired) electrons. The lowest BCUT2D eigenvalue weighted by atomic mass is 9.91. The van der Waals surface area contributed by atoms with E-state index in [4.69, 9.17) is 30.9 Å². The van der Waals surface area contributed by atoms with E-state index in [-0.39, 0.29) is 17.9 Å². The molecule has 1 aliphatic rings. The van der Waals surface area contributed by atoms with Crippen LogP contribution in [0.1, 0.15) is 36.9 Å². The lowest BCUT2D eigenvalue weighted by Crippen LogP contribution is -2.26. The second kappa shape index (κ2) is 10.8. The van der Waals surface area contributed by atoms with Crippen molar-refractivity contribution in [3.8, 4) is 28.4 Å². The summed E-state index contributed by atoms with van der Waals surface area (Å²) < 4.78 is 16.6. The van der Waals surface area contributed by atoms with Gasteiger partial charge in [-0.15, -0.1) is 0 Å². The minimum atomic E-state index is -0.481. The molecule has 39 heavy (non-hydrogen) atoms. The number of hydrazone groups is 1. The van der Waals surface area contributed by atoms with Gasteiger partial charge in [0.25, 0.3) is 5.56 Å². The third-order valence-corrected chi connectivity index (χ3v) is 7.14. The molecule has 0 saturated carbocycles. The Morgan fingerprint density at radius 2 is 1.67 bits per heavy atom. The summed E-state index contributed by atoms with van der Waals surface area (Å²) in [4.78, 5) is 29.8. The highest BCUT2D eigenvalue weighted by atomic mass is 35.5. The Hall–Kier alpha value is -4.30. The number of rotatable bonds is 7. The van der Waals surface area contributed by atoms with Crippen LogP contribution in [0.15, 0.2) is 70.6 Å². The number of methoxy groups -OCH3 is 3. The minimum Gasteiger partial charge on any atom is -0.493 e. The molecule has 0 bridgehead atoms. The normalized spacial score (nSPS) is 14.8. The fourth-order valence-electron chi connectivity index (χ4n) is 5.04. The molecule has 8 nitrogen and oxygen atoms in total. The number of nitrogens with one attached hydrogen (secondary N) is 1. The van der Waals surface area contributed by atoms with E-state index in [0.29, 0.717) is 45.5 Å². The number of carbonyl (C=O) groups excluding carboxylic acids is 1. The Balaban J connectivity index is 1.71. The van der Waals surface area contributed by atoms with Crippen LogP contribution in [0.4, 0.5) is 0 Å². The van der Waals surface area contributed by atoms with Gasteiger partial charge in [-0.25, -0.2) is 5.01 Å². The highest BCUT2D eigenvalue weighted by molar-refractivity contribution is 6.30. The topological polar surface area (TPSA) is 93.2 Å². The van der Waals surface area contributed by atoms with Crippen molar-refractivity contribution in [2.45, 2.75) is 25.8 Å². The van der Waals surface area contributed by atoms with E-state index >= 15 is 0 Å². The molecule has 0 fully saturated rings. The first-order valence-corrected chi connectivity index (χ1v) is 12.9. The lowest BCUT2D eigenvalue weighted by Gasteiger charge is -2.23. The molecule has 0 aliphatic carbocycles. The molecule has 1 N–H and O–H groups in total. The second-order valence-corrected chi connectivity index (χ2v) is 9.51. The highest BCUT2D eigenvalue weighted by Gasteiger charge is 2.36. The van der Waals surface area contributed by atoms with Gasteiger partial charge in [-0.2, -0.15) is 5.10 Å². The summed E-state index contributed by atoms with van der Waals surface area (Å²) >= 11 is 6.18. The smallest absolute Gasteiger partial charge is 0.258 e. The zero-order chi connectivity index (χ0) is 27.7. The molecule has 0 saturated heterocycles. The van der Waals surface area contributed by atoms with Crippen LogP contribution in [0.3, 0.4) is 0 Å². The molecule has 9 heteroatoms. The molecule has 1 aromatic heterocycles. The van der Waals surface area contributed by atoms with Gasteiger partial charge in [0.1, 0.15) is 0 Å². The number of aromatic nitrogens is 1. The monoisotopic (exact) mass is 545 g/mol. The van der Waals surface area contributed by atoms with Gasteiger partial charge in [0.05, 0.1) is 38.6 Å². The zero-order valence-corrected chi connectivity index (χ0v) is 22.8.